The number of unbranched alkanes of at least 4 members (excludes halogenated alkanes) is 1. The lowest BCUT2D eigenvalue weighted by Gasteiger charge is -2.15. The summed E-state index contributed by atoms with van der Waals surface area (Å²) in [4.78, 5) is 0. The smallest absolute Gasteiger partial charge is 0.0549 e. The van der Waals surface area contributed by atoms with Crippen LogP contribution in [0, 0.1) is 5.92 Å². The average Bonchev–Trinajstić information content (AvgIpc) is 2.15. The molecule has 0 aromatic heterocycles. The quantitative estimate of drug-likeness (QED) is 0.596. The lowest BCUT2D eigenvalue weighted by Crippen LogP contribution is -2.21. The molecule has 15 heavy (non-hydrogen) atoms. The van der Waals surface area contributed by atoms with Crippen LogP contribution in [0.4, 0.5) is 0 Å². The van der Waals surface area contributed by atoms with Gasteiger partial charge < -0.3 is 10.1 Å². The Kier molecular flexibility index (Phi) is 9.12. The van der Waals surface area contributed by atoms with Gasteiger partial charge in [-0.3, -0.25) is 0 Å². The SMILES string of the molecule is CNC(C)CCCCOC(C)CC(C)C. The fourth-order valence-corrected chi connectivity index (χ4v) is 1.71. The van der Waals surface area contributed by atoms with E-state index in [0.717, 1.165) is 12.5 Å². The van der Waals surface area contributed by atoms with Gasteiger partial charge in [-0.25, -0.2) is 0 Å². The topological polar surface area (TPSA) is 21.3 Å². The maximum atomic E-state index is 5.75. The Morgan fingerprint density at radius 2 is 1.73 bits per heavy atom. The lowest BCUT2D eigenvalue weighted by molar-refractivity contribution is 0.0492. The van der Waals surface area contributed by atoms with Crippen LogP contribution in [0.1, 0.15) is 53.4 Å². The molecule has 2 heteroatoms. The minimum atomic E-state index is 0.423. The van der Waals surface area contributed by atoms with Crippen molar-refractivity contribution < 1.29 is 4.74 Å². The Morgan fingerprint density at radius 3 is 2.27 bits per heavy atom. The Labute approximate surface area is 95.8 Å². The summed E-state index contributed by atoms with van der Waals surface area (Å²) in [5, 5.41) is 3.25. The summed E-state index contributed by atoms with van der Waals surface area (Å²) < 4.78 is 5.75. The Balaban J connectivity index is 3.23. The summed E-state index contributed by atoms with van der Waals surface area (Å²) in [5.74, 6) is 0.740. The van der Waals surface area contributed by atoms with E-state index in [1.807, 2.05) is 7.05 Å². The van der Waals surface area contributed by atoms with Crippen molar-refractivity contribution in [1.82, 2.24) is 5.32 Å². The predicted molar refractivity (Wildman–Crippen MR) is 67.2 cm³/mol. The first-order valence-electron chi connectivity index (χ1n) is 6.35. The standard InChI is InChI=1S/C13H29NO/c1-11(2)10-13(4)15-9-7-6-8-12(3)14-5/h11-14H,6-10H2,1-5H3. The molecule has 0 aliphatic heterocycles. The van der Waals surface area contributed by atoms with E-state index in [2.05, 4.69) is 33.0 Å². The fraction of sp³-hybridized carbons (Fsp3) is 1.00. The lowest BCUT2D eigenvalue weighted by atomic mass is 10.1. The van der Waals surface area contributed by atoms with E-state index in [9.17, 15) is 0 Å². The van der Waals surface area contributed by atoms with E-state index in [4.69, 9.17) is 4.74 Å². The molecule has 0 heterocycles. The van der Waals surface area contributed by atoms with Crippen molar-refractivity contribution in [2.45, 2.75) is 65.5 Å². The molecule has 2 nitrogen and oxygen atoms in total. The van der Waals surface area contributed by atoms with Gasteiger partial charge in [-0.1, -0.05) is 13.8 Å². The van der Waals surface area contributed by atoms with Gasteiger partial charge in [0.05, 0.1) is 6.10 Å². The van der Waals surface area contributed by atoms with E-state index in [1.165, 1.54) is 25.7 Å². The highest BCUT2D eigenvalue weighted by Crippen LogP contribution is 2.08. The summed E-state index contributed by atoms with van der Waals surface area (Å²) in [5.41, 5.74) is 0. The van der Waals surface area contributed by atoms with Crippen LogP contribution in [0.15, 0.2) is 0 Å². The minimum absolute atomic E-state index is 0.423. The number of nitrogens with one attached hydrogen (secondary N) is 1. The zero-order valence-electron chi connectivity index (χ0n) is 11.2. The third kappa shape index (κ3) is 10.2. The van der Waals surface area contributed by atoms with E-state index in [1.54, 1.807) is 0 Å². The molecule has 2 atom stereocenters. The van der Waals surface area contributed by atoms with Gasteiger partial charge in [0.2, 0.25) is 0 Å². The van der Waals surface area contributed by atoms with E-state index >= 15 is 0 Å². The summed E-state index contributed by atoms with van der Waals surface area (Å²) in [6, 6.07) is 0.637. The van der Waals surface area contributed by atoms with Gasteiger partial charge in [0, 0.05) is 12.6 Å². The first-order valence-corrected chi connectivity index (χ1v) is 6.35. The first-order chi connectivity index (χ1) is 7.06. The molecule has 0 saturated heterocycles. The molecule has 0 aromatic carbocycles. The van der Waals surface area contributed by atoms with Crippen LogP contribution in [0.25, 0.3) is 0 Å². The van der Waals surface area contributed by atoms with Crippen molar-refractivity contribution in [1.29, 1.82) is 0 Å². The van der Waals surface area contributed by atoms with Crippen molar-refractivity contribution in [2.75, 3.05) is 13.7 Å². The van der Waals surface area contributed by atoms with Crippen LogP contribution in [-0.4, -0.2) is 25.8 Å². The van der Waals surface area contributed by atoms with Gasteiger partial charge in [-0.05, 0) is 52.5 Å². The van der Waals surface area contributed by atoms with Crippen molar-refractivity contribution in [2.24, 2.45) is 5.92 Å². The summed E-state index contributed by atoms with van der Waals surface area (Å²) in [7, 11) is 2.02. The molecule has 2 unspecified atom stereocenters. The highest BCUT2D eigenvalue weighted by Gasteiger charge is 2.04. The molecule has 1 N–H and O–H groups in total. The van der Waals surface area contributed by atoms with Gasteiger partial charge >= 0.3 is 0 Å². The van der Waals surface area contributed by atoms with Gasteiger partial charge in [0.1, 0.15) is 0 Å². The van der Waals surface area contributed by atoms with Crippen molar-refractivity contribution in [3.05, 3.63) is 0 Å². The molecule has 92 valence electrons. The number of rotatable bonds is 9. The maximum absolute atomic E-state index is 5.75. The number of ether oxygens (including phenoxy) is 1. The number of hydrogen-bond acceptors (Lipinski definition) is 2. The molecule has 0 aliphatic rings. The second-order valence-electron chi connectivity index (χ2n) is 5.00. The molecule has 0 spiro atoms. The summed E-state index contributed by atoms with van der Waals surface area (Å²) in [6.45, 7) is 9.81. The minimum Gasteiger partial charge on any atom is -0.379 e. The third-order valence-electron chi connectivity index (χ3n) is 2.73. The molecule has 0 saturated carbocycles. The summed E-state index contributed by atoms with van der Waals surface area (Å²) in [6.07, 6.45) is 5.29. The second-order valence-corrected chi connectivity index (χ2v) is 5.00. The highest BCUT2D eigenvalue weighted by atomic mass is 16.5. The second kappa shape index (κ2) is 9.17. The van der Waals surface area contributed by atoms with Crippen molar-refractivity contribution in [3.63, 3.8) is 0 Å². The number of hydrogen-bond donors (Lipinski definition) is 1. The van der Waals surface area contributed by atoms with Gasteiger partial charge in [0.25, 0.3) is 0 Å². The first kappa shape index (κ1) is 14.9. The Hall–Kier alpha value is -0.0800. The zero-order chi connectivity index (χ0) is 11.7. The van der Waals surface area contributed by atoms with E-state index in [0.29, 0.717) is 12.1 Å². The van der Waals surface area contributed by atoms with Gasteiger partial charge in [-0.2, -0.15) is 0 Å². The molecule has 0 aliphatic carbocycles. The third-order valence-corrected chi connectivity index (χ3v) is 2.73. The molecule has 0 aromatic rings. The van der Waals surface area contributed by atoms with Gasteiger partial charge in [-0.15, -0.1) is 0 Å². The molecule has 0 amide bonds. The van der Waals surface area contributed by atoms with Crippen molar-refractivity contribution >= 4 is 0 Å². The van der Waals surface area contributed by atoms with Gasteiger partial charge in [0.15, 0.2) is 0 Å². The summed E-state index contributed by atoms with van der Waals surface area (Å²) >= 11 is 0. The molecule has 0 fully saturated rings. The van der Waals surface area contributed by atoms with E-state index < -0.39 is 0 Å². The molecular weight excluding hydrogens is 186 g/mol. The average molecular weight is 215 g/mol. The van der Waals surface area contributed by atoms with Crippen LogP contribution >= 0.6 is 0 Å². The van der Waals surface area contributed by atoms with Crippen LogP contribution in [0.3, 0.4) is 0 Å². The highest BCUT2D eigenvalue weighted by molar-refractivity contribution is 4.57. The zero-order valence-corrected chi connectivity index (χ0v) is 11.2. The monoisotopic (exact) mass is 215 g/mol. The van der Waals surface area contributed by atoms with Crippen LogP contribution < -0.4 is 5.32 Å². The Morgan fingerprint density at radius 1 is 1.07 bits per heavy atom. The maximum Gasteiger partial charge on any atom is 0.0549 e. The molecule has 0 bridgehead atoms. The normalized spacial score (nSPS) is 15.6. The van der Waals surface area contributed by atoms with Crippen LogP contribution in [0.2, 0.25) is 0 Å². The Bertz CT molecular complexity index is 136. The van der Waals surface area contributed by atoms with Crippen LogP contribution in [-0.2, 0) is 4.74 Å². The van der Waals surface area contributed by atoms with Crippen LogP contribution in [0.5, 0.6) is 0 Å². The molecule has 0 radical (unpaired) electrons. The molecule has 0 rings (SSSR count). The predicted octanol–water partition coefficient (Wildman–Crippen LogP) is 3.22. The fourth-order valence-electron chi connectivity index (χ4n) is 1.71. The largest absolute Gasteiger partial charge is 0.379 e. The van der Waals surface area contributed by atoms with Crippen molar-refractivity contribution in [3.8, 4) is 0 Å². The molecular formula is C13H29NO. The van der Waals surface area contributed by atoms with E-state index in [-0.39, 0.29) is 0 Å².